The Kier molecular flexibility index (Phi) is 6.06. The fraction of sp³-hybridized carbons (Fsp3) is 0.500. The van der Waals surface area contributed by atoms with Crippen LogP contribution in [0, 0.1) is 0 Å². The van der Waals surface area contributed by atoms with E-state index in [2.05, 4.69) is 35.1 Å². The van der Waals surface area contributed by atoms with E-state index in [9.17, 15) is 9.90 Å². The van der Waals surface area contributed by atoms with Crippen LogP contribution in [0.25, 0.3) is 0 Å². The molecule has 2 heterocycles. The molecule has 1 aliphatic rings. The summed E-state index contributed by atoms with van der Waals surface area (Å²) >= 11 is 0. The minimum atomic E-state index is -0.211. The molecular formula is C20H28N4O2. The number of aliphatic hydroxyl groups is 1. The van der Waals surface area contributed by atoms with Gasteiger partial charge in [-0.2, -0.15) is 0 Å². The van der Waals surface area contributed by atoms with Crippen LogP contribution in [-0.4, -0.2) is 44.7 Å². The monoisotopic (exact) mass is 356 g/mol. The third kappa shape index (κ3) is 4.93. The molecule has 6 heteroatoms. The maximum atomic E-state index is 12.3. The van der Waals surface area contributed by atoms with Gasteiger partial charge in [-0.05, 0) is 24.1 Å². The van der Waals surface area contributed by atoms with E-state index in [1.165, 1.54) is 0 Å². The number of hydrogen-bond acceptors (Lipinski definition) is 4. The van der Waals surface area contributed by atoms with Crippen LogP contribution in [0.5, 0.6) is 0 Å². The summed E-state index contributed by atoms with van der Waals surface area (Å²) < 4.78 is 2.04. The Labute approximate surface area is 154 Å². The molecule has 6 nitrogen and oxygen atoms in total. The fourth-order valence-corrected chi connectivity index (χ4v) is 3.42. The second-order valence-electron chi connectivity index (χ2n) is 7.31. The lowest BCUT2D eigenvalue weighted by Gasteiger charge is -2.16. The molecule has 0 saturated carbocycles. The van der Waals surface area contributed by atoms with Crippen LogP contribution in [0.4, 0.5) is 5.69 Å². The van der Waals surface area contributed by atoms with Crippen molar-refractivity contribution in [2.75, 3.05) is 18.4 Å². The molecule has 2 N–H and O–H groups in total. The van der Waals surface area contributed by atoms with Gasteiger partial charge in [0.2, 0.25) is 5.91 Å². The molecule has 0 spiro atoms. The summed E-state index contributed by atoms with van der Waals surface area (Å²) in [4.78, 5) is 18.9. The van der Waals surface area contributed by atoms with Gasteiger partial charge in [0.25, 0.3) is 0 Å². The van der Waals surface area contributed by atoms with E-state index >= 15 is 0 Å². The number of anilines is 1. The van der Waals surface area contributed by atoms with Crippen molar-refractivity contribution in [2.24, 2.45) is 0 Å². The summed E-state index contributed by atoms with van der Waals surface area (Å²) in [6.07, 6.45) is 4.75. The van der Waals surface area contributed by atoms with Crippen molar-refractivity contribution in [3.05, 3.63) is 48.0 Å². The summed E-state index contributed by atoms with van der Waals surface area (Å²) in [5.74, 6) is 1.35. The van der Waals surface area contributed by atoms with E-state index < -0.39 is 0 Å². The largest absolute Gasteiger partial charge is 0.392 e. The number of nitrogens with one attached hydrogen (secondary N) is 1. The van der Waals surface area contributed by atoms with Gasteiger partial charge in [-0.1, -0.05) is 26.0 Å². The van der Waals surface area contributed by atoms with Gasteiger partial charge < -0.3 is 15.0 Å². The molecule has 1 saturated heterocycles. The molecule has 1 aromatic heterocycles. The Morgan fingerprint density at radius 3 is 3.00 bits per heavy atom. The van der Waals surface area contributed by atoms with E-state index in [0.717, 1.165) is 43.1 Å². The van der Waals surface area contributed by atoms with Crippen molar-refractivity contribution in [3.63, 3.8) is 0 Å². The van der Waals surface area contributed by atoms with Crippen molar-refractivity contribution in [2.45, 2.75) is 51.8 Å². The summed E-state index contributed by atoms with van der Waals surface area (Å²) in [7, 11) is 0. The molecule has 1 aromatic carbocycles. The fourth-order valence-electron chi connectivity index (χ4n) is 3.42. The predicted octanol–water partition coefficient (Wildman–Crippen LogP) is 2.60. The zero-order valence-corrected chi connectivity index (χ0v) is 15.6. The van der Waals surface area contributed by atoms with Gasteiger partial charge in [-0.25, -0.2) is 4.98 Å². The van der Waals surface area contributed by atoms with Crippen LogP contribution in [-0.2, 0) is 17.9 Å². The Morgan fingerprint density at radius 1 is 1.42 bits per heavy atom. The van der Waals surface area contributed by atoms with Gasteiger partial charge in [-0.15, -0.1) is 0 Å². The Hall–Kier alpha value is -2.18. The normalized spacial score (nSPS) is 17.8. The zero-order chi connectivity index (χ0) is 18.5. The van der Waals surface area contributed by atoms with Crippen LogP contribution in [0.15, 0.2) is 36.7 Å². The van der Waals surface area contributed by atoms with Crippen LogP contribution in [0.2, 0.25) is 0 Å². The highest BCUT2D eigenvalue weighted by Crippen LogP contribution is 2.17. The minimum Gasteiger partial charge on any atom is -0.392 e. The van der Waals surface area contributed by atoms with Gasteiger partial charge in [0.05, 0.1) is 6.10 Å². The molecule has 26 heavy (non-hydrogen) atoms. The number of carbonyl (C=O) groups is 1. The first kappa shape index (κ1) is 18.6. The van der Waals surface area contributed by atoms with E-state index in [1.54, 1.807) is 6.20 Å². The zero-order valence-electron chi connectivity index (χ0n) is 15.6. The van der Waals surface area contributed by atoms with Crippen molar-refractivity contribution in [1.82, 2.24) is 14.5 Å². The number of aromatic nitrogens is 2. The first-order valence-electron chi connectivity index (χ1n) is 9.31. The standard InChI is InChI=1S/C20H28N4O2/c1-15(2)20-21-8-11-24(20)10-7-19(26)22-17-5-3-4-16(12-17)13-23-9-6-18(25)14-23/h3-5,8,11-12,15,18,25H,6-7,9-10,13-14H2,1-2H3,(H,22,26). The molecule has 140 valence electrons. The number of nitrogens with zero attached hydrogens (tertiary/aromatic N) is 3. The summed E-state index contributed by atoms with van der Waals surface area (Å²) in [5.41, 5.74) is 1.97. The number of hydrogen-bond donors (Lipinski definition) is 2. The van der Waals surface area contributed by atoms with Crippen LogP contribution >= 0.6 is 0 Å². The number of likely N-dealkylation sites (tertiary alicyclic amines) is 1. The van der Waals surface area contributed by atoms with Crippen LogP contribution in [0.1, 0.15) is 44.0 Å². The number of aliphatic hydroxyl groups excluding tert-OH is 1. The highest BCUT2D eigenvalue weighted by Gasteiger charge is 2.20. The third-order valence-corrected chi connectivity index (χ3v) is 4.71. The second kappa shape index (κ2) is 8.47. The number of imidazole rings is 1. The first-order valence-corrected chi connectivity index (χ1v) is 9.31. The number of rotatable bonds is 7. The SMILES string of the molecule is CC(C)c1nccn1CCC(=O)Nc1cccc(CN2CCC(O)C2)c1. The van der Waals surface area contributed by atoms with Crippen LogP contribution in [0.3, 0.4) is 0 Å². The average molecular weight is 356 g/mol. The number of carbonyl (C=O) groups excluding carboxylic acids is 1. The first-order chi connectivity index (χ1) is 12.5. The summed E-state index contributed by atoms with van der Waals surface area (Å²) in [6.45, 7) is 7.27. The number of amides is 1. The average Bonchev–Trinajstić information content (AvgIpc) is 3.22. The summed E-state index contributed by atoms with van der Waals surface area (Å²) in [5, 5.41) is 12.6. The van der Waals surface area contributed by atoms with E-state index in [-0.39, 0.29) is 12.0 Å². The highest BCUT2D eigenvalue weighted by atomic mass is 16.3. The molecule has 1 aliphatic heterocycles. The lowest BCUT2D eigenvalue weighted by atomic mass is 10.2. The quantitative estimate of drug-likeness (QED) is 0.800. The van der Waals surface area contributed by atoms with Gasteiger partial charge in [0.1, 0.15) is 5.82 Å². The second-order valence-corrected chi connectivity index (χ2v) is 7.31. The van der Waals surface area contributed by atoms with E-state index in [4.69, 9.17) is 0 Å². The maximum Gasteiger partial charge on any atom is 0.226 e. The number of aryl methyl sites for hydroxylation is 1. The molecule has 1 atom stereocenters. The van der Waals surface area contributed by atoms with Gasteiger partial charge in [-0.3, -0.25) is 9.69 Å². The van der Waals surface area contributed by atoms with Gasteiger partial charge in [0, 0.05) is 56.6 Å². The lowest BCUT2D eigenvalue weighted by Crippen LogP contribution is -2.21. The number of benzene rings is 1. The van der Waals surface area contributed by atoms with E-state index in [1.807, 2.05) is 29.0 Å². The molecular weight excluding hydrogens is 328 g/mol. The smallest absolute Gasteiger partial charge is 0.226 e. The molecule has 0 radical (unpaired) electrons. The number of β-amino-alcohol motifs (C(OH)–C–C–N with tert-alkyl or cyclic N) is 1. The Morgan fingerprint density at radius 2 is 2.27 bits per heavy atom. The van der Waals surface area contributed by atoms with E-state index in [0.29, 0.717) is 18.9 Å². The van der Waals surface area contributed by atoms with Gasteiger partial charge in [0.15, 0.2) is 0 Å². The van der Waals surface area contributed by atoms with Crippen molar-refractivity contribution >= 4 is 11.6 Å². The topological polar surface area (TPSA) is 70.4 Å². The van der Waals surface area contributed by atoms with Crippen LogP contribution < -0.4 is 5.32 Å². The molecule has 1 unspecified atom stereocenters. The molecule has 0 aliphatic carbocycles. The summed E-state index contributed by atoms with van der Waals surface area (Å²) in [6, 6.07) is 7.95. The molecule has 1 amide bonds. The van der Waals surface area contributed by atoms with Gasteiger partial charge >= 0.3 is 0 Å². The molecule has 3 rings (SSSR count). The van der Waals surface area contributed by atoms with Crippen molar-refractivity contribution in [3.8, 4) is 0 Å². The van der Waals surface area contributed by atoms with Crippen molar-refractivity contribution in [1.29, 1.82) is 0 Å². The minimum absolute atomic E-state index is 0.00199. The molecule has 1 fully saturated rings. The molecule has 0 bridgehead atoms. The Bertz CT molecular complexity index is 741. The predicted molar refractivity (Wildman–Crippen MR) is 102 cm³/mol. The maximum absolute atomic E-state index is 12.3. The lowest BCUT2D eigenvalue weighted by molar-refractivity contribution is -0.116. The third-order valence-electron chi connectivity index (χ3n) is 4.71. The molecule has 2 aromatic rings. The van der Waals surface area contributed by atoms with Crippen molar-refractivity contribution < 1.29 is 9.90 Å². The Balaban J connectivity index is 1.52. The highest BCUT2D eigenvalue weighted by molar-refractivity contribution is 5.90.